The quantitative estimate of drug-likeness (QED) is 0.641. The Morgan fingerprint density at radius 2 is 1.79 bits per heavy atom. The molecule has 0 aliphatic heterocycles. The molecular weight excluding hydrogens is 348 g/mol. The summed E-state index contributed by atoms with van der Waals surface area (Å²) in [6, 6.07) is 18.3. The van der Waals surface area contributed by atoms with Crippen molar-refractivity contribution in [3.8, 4) is 0 Å². The van der Waals surface area contributed by atoms with Crippen LogP contribution < -0.4 is 10.6 Å². The third-order valence-corrected chi connectivity index (χ3v) is 4.35. The van der Waals surface area contributed by atoms with E-state index in [4.69, 9.17) is 0 Å². The van der Waals surface area contributed by atoms with E-state index >= 15 is 0 Å². The second-order valence-corrected chi connectivity index (χ2v) is 6.78. The van der Waals surface area contributed by atoms with E-state index in [0.29, 0.717) is 12.2 Å². The SMILES string of the molecule is C=C(Cc1ccccc1C)Nc1ccc(Cc2cc(NC(C)=O)ncn2)cc1. The lowest BCUT2D eigenvalue weighted by Gasteiger charge is -2.12. The smallest absolute Gasteiger partial charge is 0.222 e. The minimum Gasteiger partial charge on any atom is -0.359 e. The first-order chi connectivity index (χ1) is 13.5. The molecule has 142 valence electrons. The highest BCUT2D eigenvalue weighted by atomic mass is 16.1. The van der Waals surface area contributed by atoms with Gasteiger partial charge in [-0.2, -0.15) is 0 Å². The molecule has 1 aromatic heterocycles. The van der Waals surface area contributed by atoms with Crippen LogP contribution >= 0.6 is 0 Å². The summed E-state index contributed by atoms with van der Waals surface area (Å²) in [6.45, 7) is 7.72. The Bertz CT molecular complexity index is 980. The molecular formula is C23H24N4O. The lowest BCUT2D eigenvalue weighted by Crippen LogP contribution is -2.08. The number of rotatable bonds is 7. The van der Waals surface area contributed by atoms with Gasteiger partial charge < -0.3 is 10.6 Å². The van der Waals surface area contributed by atoms with Crippen LogP contribution in [0, 0.1) is 6.92 Å². The first kappa shape index (κ1) is 19.3. The molecule has 0 radical (unpaired) electrons. The van der Waals surface area contributed by atoms with E-state index < -0.39 is 0 Å². The Labute approximate surface area is 165 Å². The Balaban J connectivity index is 1.60. The molecule has 3 aromatic rings. The first-order valence-electron chi connectivity index (χ1n) is 9.16. The van der Waals surface area contributed by atoms with Gasteiger partial charge in [0.15, 0.2) is 0 Å². The van der Waals surface area contributed by atoms with Gasteiger partial charge in [-0.3, -0.25) is 4.79 Å². The maximum absolute atomic E-state index is 11.2. The van der Waals surface area contributed by atoms with Gasteiger partial charge in [0.2, 0.25) is 5.91 Å². The van der Waals surface area contributed by atoms with Gasteiger partial charge in [0.1, 0.15) is 12.1 Å². The molecule has 0 saturated heterocycles. The van der Waals surface area contributed by atoms with Crippen molar-refractivity contribution in [1.82, 2.24) is 9.97 Å². The fraction of sp³-hybridized carbons (Fsp3) is 0.174. The van der Waals surface area contributed by atoms with Gasteiger partial charge in [-0.25, -0.2) is 9.97 Å². The number of aryl methyl sites for hydroxylation is 1. The average Bonchev–Trinajstić information content (AvgIpc) is 2.65. The largest absolute Gasteiger partial charge is 0.359 e. The minimum atomic E-state index is -0.147. The van der Waals surface area contributed by atoms with Crippen LogP contribution in [-0.2, 0) is 17.6 Å². The normalized spacial score (nSPS) is 10.4. The van der Waals surface area contributed by atoms with Gasteiger partial charge in [0.05, 0.1) is 5.69 Å². The maximum atomic E-state index is 11.2. The van der Waals surface area contributed by atoms with Crippen LogP contribution in [0.3, 0.4) is 0 Å². The van der Waals surface area contributed by atoms with Gasteiger partial charge >= 0.3 is 0 Å². The highest BCUT2D eigenvalue weighted by Crippen LogP contribution is 2.17. The Morgan fingerprint density at radius 3 is 2.50 bits per heavy atom. The summed E-state index contributed by atoms with van der Waals surface area (Å²) in [7, 11) is 0. The maximum Gasteiger partial charge on any atom is 0.222 e. The average molecular weight is 372 g/mol. The van der Waals surface area contributed by atoms with Gasteiger partial charge in [-0.05, 0) is 35.7 Å². The van der Waals surface area contributed by atoms with Crippen LogP contribution in [0.2, 0.25) is 0 Å². The molecule has 0 bridgehead atoms. The van der Waals surface area contributed by atoms with Gasteiger partial charge in [0, 0.05) is 37.2 Å². The highest BCUT2D eigenvalue weighted by Gasteiger charge is 2.04. The third-order valence-electron chi connectivity index (χ3n) is 4.35. The number of carbonyl (C=O) groups excluding carboxylic acids is 1. The predicted octanol–water partition coefficient (Wildman–Crippen LogP) is 4.50. The van der Waals surface area contributed by atoms with E-state index in [2.05, 4.69) is 64.4 Å². The van der Waals surface area contributed by atoms with Crippen molar-refractivity contribution in [1.29, 1.82) is 0 Å². The summed E-state index contributed by atoms with van der Waals surface area (Å²) in [5.74, 6) is 0.370. The van der Waals surface area contributed by atoms with Crippen molar-refractivity contribution >= 4 is 17.4 Å². The zero-order chi connectivity index (χ0) is 19.9. The van der Waals surface area contributed by atoms with Gasteiger partial charge in [0.25, 0.3) is 0 Å². The van der Waals surface area contributed by atoms with Crippen LogP contribution in [0.5, 0.6) is 0 Å². The van der Waals surface area contributed by atoms with Crippen LogP contribution in [0.4, 0.5) is 11.5 Å². The number of allylic oxidation sites excluding steroid dienone is 1. The van der Waals surface area contributed by atoms with Crippen molar-refractivity contribution in [3.05, 3.63) is 95.6 Å². The van der Waals surface area contributed by atoms with Crippen molar-refractivity contribution in [3.63, 3.8) is 0 Å². The monoisotopic (exact) mass is 372 g/mol. The number of nitrogens with zero attached hydrogens (tertiary/aromatic N) is 2. The number of benzene rings is 2. The van der Waals surface area contributed by atoms with E-state index in [-0.39, 0.29) is 5.91 Å². The molecule has 2 N–H and O–H groups in total. The number of hydrogen-bond donors (Lipinski definition) is 2. The predicted molar refractivity (Wildman–Crippen MR) is 113 cm³/mol. The Morgan fingerprint density at radius 1 is 1.04 bits per heavy atom. The van der Waals surface area contributed by atoms with Crippen molar-refractivity contribution in [2.45, 2.75) is 26.7 Å². The van der Waals surface area contributed by atoms with Crippen LogP contribution in [-0.4, -0.2) is 15.9 Å². The summed E-state index contributed by atoms with van der Waals surface area (Å²) in [6.07, 6.45) is 2.92. The first-order valence-corrected chi connectivity index (χ1v) is 9.16. The van der Waals surface area contributed by atoms with E-state index in [1.54, 1.807) is 6.07 Å². The fourth-order valence-electron chi connectivity index (χ4n) is 2.94. The number of hydrogen-bond acceptors (Lipinski definition) is 4. The number of amides is 1. The zero-order valence-electron chi connectivity index (χ0n) is 16.2. The van der Waals surface area contributed by atoms with Crippen LogP contribution in [0.15, 0.2) is 73.2 Å². The summed E-state index contributed by atoms with van der Waals surface area (Å²) >= 11 is 0. The lowest BCUT2D eigenvalue weighted by molar-refractivity contribution is -0.114. The molecule has 0 fully saturated rings. The molecule has 0 atom stereocenters. The standard InChI is InChI=1S/C23H24N4O/c1-16-6-4-5-7-20(16)12-17(2)26-21-10-8-19(9-11-21)13-22-14-23(25-15-24-22)27-18(3)28/h4-11,14-15,26H,2,12-13H2,1,3H3,(H,24,25,27,28). The number of carbonyl (C=O) groups is 1. The zero-order valence-corrected chi connectivity index (χ0v) is 16.2. The van der Waals surface area contributed by atoms with Crippen LogP contribution in [0.25, 0.3) is 0 Å². The molecule has 28 heavy (non-hydrogen) atoms. The Hall–Kier alpha value is -3.47. The molecule has 1 heterocycles. The van der Waals surface area contributed by atoms with Crippen molar-refractivity contribution in [2.75, 3.05) is 10.6 Å². The molecule has 5 heteroatoms. The Kier molecular flexibility index (Phi) is 6.17. The molecule has 0 aliphatic rings. The second-order valence-electron chi connectivity index (χ2n) is 6.78. The van der Waals surface area contributed by atoms with Gasteiger partial charge in [-0.1, -0.05) is 43.0 Å². The topological polar surface area (TPSA) is 66.9 Å². The molecule has 3 rings (SSSR count). The number of aromatic nitrogens is 2. The summed E-state index contributed by atoms with van der Waals surface area (Å²) in [5, 5.41) is 6.05. The lowest BCUT2D eigenvalue weighted by atomic mass is 10.0. The second kappa shape index (κ2) is 8.95. The molecule has 0 spiro atoms. The van der Waals surface area contributed by atoms with Crippen molar-refractivity contribution in [2.24, 2.45) is 0 Å². The fourth-order valence-corrected chi connectivity index (χ4v) is 2.94. The highest BCUT2D eigenvalue weighted by molar-refractivity contribution is 5.87. The molecule has 0 unspecified atom stereocenters. The van der Waals surface area contributed by atoms with Crippen molar-refractivity contribution < 1.29 is 4.79 Å². The number of nitrogens with one attached hydrogen (secondary N) is 2. The minimum absolute atomic E-state index is 0.147. The van der Waals surface area contributed by atoms with E-state index in [1.165, 1.54) is 24.4 Å². The summed E-state index contributed by atoms with van der Waals surface area (Å²) in [4.78, 5) is 19.5. The summed E-state index contributed by atoms with van der Waals surface area (Å²) < 4.78 is 0. The van der Waals surface area contributed by atoms with E-state index in [1.807, 2.05) is 18.2 Å². The van der Waals surface area contributed by atoms with E-state index in [9.17, 15) is 4.79 Å². The summed E-state index contributed by atoms with van der Waals surface area (Å²) in [5.41, 5.74) is 6.48. The number of anilines is 2. The molecule has 0 aliphatic carbocycles. The third kappa shape index (κ3) is 5.51. The van der Waals surface area contributed by atoms with Gasteiger partial charge in [-0.15, -0.1) is 0 Å². The molecule has 5 nitrogen and oxygen atoms in total. The van der Waals surface area contributed by atoms with E-state index in [0.717, 1.165) is 29.1 Å². The molecule has 2 aromatic carbocycles. The molecule has 0 saturated carbocycles. The van der Waals surface area contributed by atoms with Crippen LogP contribution in [0.1, 0.15) is 29.3 Å². The molecule has 1 amide bonds.